The molecule has 1 aromatic carbocycles. The lowest BCUT2D eigenvalue weighted by Gasteiger charge is -2.35. The Morgan fingerprint density at radius 3 is 2.52 bits per heavy atom. The number of hydrogen-bond donors (Lipinski definition) is 1. The number of aryl methyl sites for hydroxylation is 2. The van der Waals surface area contributed by atoms with Crippen LogP contribution in [0.5, 0.6) is 0 Å². The number of nitrogens with zero attached hydrogens (tertiary/aromatic N) is 3. The van der Waals surface area contributed by atoms with Gasteiger partial charge in [0.15, 0.2) is 0 Å². The first-order chi connectivity index (χ1) is 15.9. The van der Waals surface area contributed by atoms with Crippen LogP contribution in [0.1, 0.15) is 51.2 Å². The number of nitrogens with one attached hydrogen (secondary N) is 1. The Hall–Kier alpha value is -3.72. The lowest BCUT2D eigenvalue weighted by molar-refractivity contribution is 0.0670. The molecule has 33 heavy (non-hydrogen) atoms. The SMILES string of the molecule is Cc1ccc(C(=O)Nc2cc(C(=O)N3CCC(C4C=CC(C#N)=CC4)CC3)ccc2C)cn1. The molecule has 6 heteroatoms. The summed E-state index contributed by atoms with van der Waals surface area (Å²) >= 11 is 0. The zero-order valence-electron chi connectivity index (χ0n) is 19.0. The van der Waals surface area contributed by atoms with Crippen molar-refractivity contribution in [2.45, 2.75) is 33.1 Å². The smallest absolute Gasteiger partial charge is 0.257 e. The Morgan fingerprint density at radius 1 is 1.12 bits per heavy atom. The first-order valence-corrected chi connectivity index (χ1v) is 11.4. The van der Waals surface area contributed by atoms with Gasteiger partial charge in [0, 0.05) is 41.8 Å². The molecule has 6 nitrogen and oxygen atoms in total. The molecule has 168 valence electrons. The van der Waals surface area contributed by atoms with Gasteiger partial charge in [-0.2, -0.15) is 5.26 Å². The summed E-state index contributed by atoms with van der Waals surface area (Å²) in [6.45, 7) is 5.21. The summed E-state index contributed by atoms with van der Waals surface area (Å²) < 4.78 is 0. The van der Waals surface area contributed by atoms with Crippen molar-refractivity contribution >= 4 is 17.5 Å². The second-order valence-corrected chi connectivity index (χ2v) is 8.83. The fraction of sp³-hybridized carbons (Fsp3) is 0.333. The van der Waals surface area contributed by atoms with Crippen molar-refractivity contribution in [3.8, 4) is 6.07 Å². The molecule has 4 rings (SSSR count). The maximum atomic E-state index is 13.2. The van der Waals surface area contributed by atoms with E-state index in [1.54, 1.807) is 24.4 Å². The zero-order valence-corrected chi connectivity index (χ0v) is 19.0. The Labute approximate surface area is 194 Å². The van der Waals surface area contributed by atoms with E-state index < -0.39 is 0 Å². The fourth-order valence-electron chi connectivity index (χ4n) is 4.47. The highest BCUT2D eigenvalue weighted by Gasteiger charge is 2.28. The molecule has 2 heterocycles. The maximum absolute atomic E-state index is 13.2. The van der Waals surface area contributed by atoms with Crippen molar-refractivity contribution in [1.82, 2.24) is 9.88 Å². The van der Waals surface area contributed by atoms with Gasteiger partial charge in [0.2, 0.25) is 0 Å². The Morgan fingerprint density at radius 2 is 1.88 bits per heavy atom. The number of benzene rings is 1. The number of piperidine rings is 1. The van der Waals surface area contributed by atoms with Gasteiger partial charge in [-0.15, -0.1) is 0 Å². The molecule has 1 aliphatic carbocycles. The molecule has 0 spiro atoms. The lowest BCUT2D eigenvalue weighted by atomic mass is 9.80. The summed E-state index contributed by atoms with van der Waals surface area (Å²) in [5.41, 5.74) is 4.17. The van der Waals surface area contributed by atoms with Gasteiger partial charge in [-0.05, 0) is 80.9 Å². The maximum Gasteiger partial charge on any atom is 0.257 e. The number of likely N-dealkylation sites (tertiary alicyclic amines) is 1. The van der Waals surface area contributed by atoms with E-state index in [9.17, 15) is 9.59 Å². The molecule has 1 aliphatic heterocycles. The van der Waals surface area contributed by atoms with Crippen LogP contribution in [0.3, 0.4) is 0 Å². The van der Waals surface area contributed by atoms with Gasteiger partial charge in [0.05, 0.1) is 11.6 Å². The quantitative estimate of drug-likeness (QED) is 0.738. The second kappa shape index (κ2) is 9.83. The summed E-state index contributed by atoms with van der Waals surface area (Å²) in [6.07, 6.45) is 10.4. The van der Waals surface area contributed by atoms with Crippen LogP contribution in [0.15, 0.2) is 60.3 Å². The van der Waals surface area contributed by atoms with E-state index in [-0.39, 0.29) is 11.8 Å². The molecule has 0 saturated carbocycles. The van der Waals surface area contributed by atoms with Crippen molar-refractivity contribution in [3.05, 3.63) is 82.7 Å². The van der Waals surface area contributed by atoms with Crippen LogP contribution >= 0.6 is 0 Å². The van der Waals surface area contributed by atoms with E-state index in [0.717, 1.165) is 36.1 Å². The zero-order chi connectivity index (χ0) is 23.4. The van der Waals surface area contributed by atoms with Gasteiger partial charge >= 0.3 is 0 Å². The van der Waals surface area contributed by atoms with E-state index in [0.29, 0.717) is 41.7 Å². The van der Waals surface area contributed by atoms with Crippen molar-refractivity contribution in [1.29, 1.82) is 5.26 Å². The summed E-state index contributed by atoms with van der Waals surface area (Å²) in [7, 11) is 0. The largest absolute Gasteiger partial charge is 0.339 e. The average molecular weight is 441 g/mol. The van der Waals surface area contributed by atoms with Gasteiger partial charge in [0.25, 0.3) is 11.8 Å². The van der Waals surface area contributed by atoms with Crippen LogP contribution in [0.4, 0.5) is 5.69 Å². The molecular formula is C27H28N4O2. The number of carbonyl (C=O) groups is 2. The summed E-state index contributed by atoms with van der Waals surface area (Å²) in [5.74, 6) is 0.714. The molecule has 1 fully saturated rings. The van der Waals surface area contributed by atoms with Gasteiger partial charge < -0.3 is 10.2 Å². The molecule has 0 bridgehead atoms. The number of nitriles is 1. The Kier molecular flexibility index (Phi) is 6.69. The van der Waals surface area contributed by atoms with Gasteiger partial charge in [0.1, 0.15) is 0 Å². The number of amides is 2. The molecule has 0 radical (unpaired) electrons. The monoisotopic (exact) mass is 440 g/mol. The third kappa shape index (κ3) is 5.20. The molecule has 1 unspecified atom stereocenters. The Bertz CT molecular complexity index is 1150. The normalized spacial score (nSPS) is 18.4. The molecule has 1 N–H and O–H groups in total. The number of rotatable bonds is 4. The number of hydrogen-bond acceptors (Lipinski definition) is 4. The lowest BCUT2D eigenvalue weighted by Crippen LogP contribution is -2.40. The number of aromatic nitrogens is 1. The van der Waals surface area contributed by atoms with Crippen LogP contribution in [-0.4, -0.2) is 34.8 Å². The number of carbonyl (C=O) groups excluding carboxylic acids is 2. The van der Waals surface area contributed by atoms with Gasteiger partial charge in [-0.1, -0.05) is 18.2 Å². The highest BCUT2D eigenvalue weighted by Crippen LogP contribution is 2.32. The van der Waals surface area contributed by atoms with Crippen molar-refractivity contribution in [2.24, 2.45) is 11.8 Å². The molecule has 1 saturated heterocycles. The second-order valence-electron chi connectivity index (χ2n) is 8.83. The van der Waals surface area contributed by atoms with Crippen LogP contribution in [0.25, 0.3) is 0 Å². The van der Waals surface area contributed by atoms with Crippen molar-refractivity contribution in [3.63, 3.8) is 0 Å². The van der Waals surface area contributed by atoms with E-state index in [1.165, 1.54) is 0 Å². The predicted octanol–water partition coefficient (Wildman–Crippen LogP) is 4.83. The first kappa shape index (κ1) is 22.5. The van der Waals surface area contributed by atoms with Gasteiger partial charge in [-0.25, -0.2) is 0 Å². The third-order valence-corrected chi connectivity index (χ3v) is 6.60. The molecule has 2 aliphatic rings. The van der Waals surface area contributed by atoms with Crippen LogP contribution in [-0.2, 0) is 0 Å². The van der Waals surface area contributed by atoms with E-state index in [4.69, 9.17) is 5.26 Å². The third-order valence-electron chi connectivity index (χ3n) is 6.60. The number of pyridine rings is 1. The summed E-state index contributed by atoms with van der Waals surface area (Å²) in [6, 6.07) is 11.2. The minimum Gasteiger partial charge on any atom is -0.339 e. The van der Waals surface area contributed by atoms with Gasteiger partial charge in [-0.3, -0.25) is 14.6 Å². The predicted molar refractivity (Wildman–Crippen MR) is 128 cm³/mol. The van der Waals surface area contributed by atoms with E-state index >= 15 is 0 Å². The molecule has 2 amide bonds. The standard InChI is InChI=1S/C27H28N4O2/c1-18-3-7-23(15-25(18)30-26(32)24-8-4-19(2)29-17-24)27(33)31-13-11-22(12-14-31)21-9-5-20(16-28)6-10-21/h3-9,15,17,21-22H,10-14H2,1-2H3,(H,30,32). The Balaban J connectivity index is 1.38. The summed E-state index contributed by atoms with van der Waals surface area (Å²) in [5, 5.41) is 11.9. The molecule has 2 aromatic rings. The van der Waals surface area contributed by atoms with E-state index in [1.807, 2.05) is 43.0 Å². The molecular weight excluding hydrogens is 412 g/mol. The van der Waals surface area contributed by atoms with Crippen LogP contribution in [0.2, 0.25) is 0 Å². The summed E-state index contributed by atoms with van der Waals surface area (Å²) in [4.78, 5) is 31.9. The average Bonchev–Trinajstić information content (AvgIpc) is 2.85. The minimum absolute atomic E-state index is 0.00759. The molecule has 1 atom stereocenters. The van der Waals surface area contributed by atoms with Crippen LogP contribution in [0, 0.1) is 37.0 Å². The fourth-order valence-corrected chi connectivity index (χ4v) is 4.47. The minimum atomic E-state index is -0.245. The number of allylic oxidation sites excluding steroid dienone is 4. The molecule has 1 aromatic heterocycles. The van der Waals surface area contributed by atoms with E-state index in [2.05, 4.69) is 22.4 Å². The highest BCUT2D eigenvalue weighted by atomic mass is 16.2. The number of anilines is 1. The van der Waals surface area contributed by atoms with Crippen molar-refractivity contribution in [2.75, 3.05) is 18.4 Å². The highest BCUT2D eigenvalue weighted by molar-refractivity contribution is 6.05. The van der Waals surface area contributed by atoms with Crippen LogP contribution < -0.4 is 5.32 Å². The topological polar surface area (TPSA) is 86.1 Å². The first-order valence-electron chi connectivity index (χ1n) is 11.4. The van der Waals surface area contributed by atoms with Crippen molar-refractivity contribution < 1.29 is 9.59 Å².